The van der Waals surface area contributed by atoms with Gasteiger partial charge in [0.15, 0.2) is 0 Å². The summed E-state index contributed by atoms with van der Waals surface area (Å²) >= 11 is 0. The fraction of sp³-hybridized carbons (Fsp3) is 0.0769. The van der Waals surface area contributed by atoms with Gasteiger partial charge in [0.2, 0.25) is 0 Å². The predicted octanol–water partition coefficient (Wildman–Crippen LogP) is 1.13. The number of carbonyl (C=O) groups excluding carboxylic acids is 1. The summed E-state index contributed by atoms with van der Waals surface area (Å²) in [5, 5.41) is 2.46. The molecule has 0 atom stereocenters. The number of ether oxygens (including phenoxy) is 1. The average Bonchev–Trinajstić information content (AvgIpc) is 2.42. The van der Waals surface area contributed by atoms with Crippen molar-refractivity contribution in [3.05, 3.63) is 48.0 Å². The highest BCUT2D eigenvalue weighted by Gasteiger charge is 2.07. The fourth-order valence-electron chi connectivity index (χ4n) is 1.43. The maximum atomic E-state index is 13.3. The van der Waals surface area contributed by atoms with Gasteiger partial charge < -0.3 is 21.3 Å². The molecule has 7 heteroatoms. The molecule has 0 radical (unpaired) electrons. The molecule has 2 rings (SSSR count). The van der Waals surface area contributed by atoms with Gasteiger partial charge in [-0.05, 0) is 18.2 Å². The van der Waals surface area contributed by atoms with E-state index < -0.39 is 5.82 Å². The Balaban J connectivity index is 0.00000200. The van der Waals surface area contributed by atoms with Crippen molar-refractivity contribution in [2.24, 2.45) is 0 Å². The second-order valence-electron chi connectivity index (χ2n) is 3.74. The van der Waals surface area contributed by atoms with E-state index >= 15 is 0 Å². The largest absolute Gasteiger partial charge is 0.457 e. The molecular formula is C13H14FN3O3. The van der Waals surface area contributed by atoms with Crippen LogP contribution in [0.4, 0.5) is 10.1 Å². The molecule has 0 bridgehead atoms. The molecule has 0 aliphatic carbocycles. The molecule has 106 valence electrons. The van der Waals surface area contributed by atoms with Crippen molar-refractivity contribution >= 4 is 11.6 Å². The Labute approximate surface area is 114 Å². The van der Waals surface area contributed by atoms with Gasteiger partial charge in [-0.25, -0.2) is 4.39 Å². The van der Waals surface area contributed by atoms with E-state index in [1.54, 1.807) is 12.1 Å². The Morgan fingerprint density at radius 1 is 1.30 bits per heavy atom. The summed E-state index contributed by atoms with van der Waals surface area (Å²) in [7, 11) is 1.51. The molecule has 5 N–H and O–H groups in total. The zero-order valence-electron chi connectivity index (χ0n) is 10.7. The van der Waals surface area contributed by atoms with Crippen LogP contribution < -0.4 is 15.8 Å². The van der Waals surface area contributed by atoms with Crippen LogP contribution in [0.5, 0.6) is 11.5 Å². The summed E-state index contributed by atoms with van der Waals surface area (Å²) in [5.74, 6) is -0.203. The lowest BCUT2D eigenvalue weighted by Gasteiger charge is -2.07. The molecule has 0 unspecified atom stereocenters. The number of rotatable bonds is 3. The van der Waals surface area contributed by atoms with Gasteiger partial charge in [-0.3, -0.25) is 9.78 Å². The highest BCUT2D eigenvalue weighted by Crippen LogP contribution is 2.24. The van der Waals surface area contributed by atoms with E-state index in [-0.39, 0.29) is 22.8 Å². The third-order valence-corrected chi connectivity index (χ3v) is 2.40. The molecule has 1 aromatic carbocycles. The fourth-order valence-corrected chi connectivity index (χ4v) is 1.43. The number of nitrogen functional groups attached to an aromatic ring is 1. The van der Waals surface area contributed by atoms with Crippen molar-refractivity contribution in [1.29, 1.82) is 0 Å². The first-order valence-corrected chi connectivity index (χ1v) is 5.51. The number of halogens is 1. The zero-order chi connectivity index (χ0) is 13.8. The number of benzene rings is 1. The average molecular weight is 279 g/mol. The zero-order valence-corrected chi connectivity index (χ0v) is 10.7. The molecule has 2 aromatic rings. The topological polar surface area (TPSA) is 109 Å². The van der Waals surface area contributed by atoms with Crippen molar-refractivity contribution in [1.82, 2.24) is 10.3 Å². The molecule has 0 spiro atoms. The summed E-state index contributed by atoms with van der Waals surface area (Å²) in [4.78, 5) is 15.3. The Kier molecular flexibility index (Phi) is 4.99. The molecule has 0 saturated heterocycles. The summed E-state index contributed by atoms with van der Waals surface area (Å²) in [5.41, 5.74) is 5.64. The van der Waals surface area contributed by atoms with Crippen LogP contribution in [-0.2, 0) is 0 Å². The van der Waals surface area contributed by atoms with Crippen LogP contribution in [-0.4, -0.2) is 23.4 Å². The van der Waals surface area contributed by atoms with Gasteiger partial charge in [-0.2, -0.15) is 0 Å². The molecule has 1 aromatic heterocycles. The number of hydrogen-bond acceptors (Lipinski definition) is 4. The Morgan fingerprint density at radius 3 is 2.65 bits per heavy atom. The normalized spacial score (nSPS) is 9.50. The van der Waals surface area contributed by atoms with E-state index in [2.05, 4.69) is 10.3 Å². The molecule has 0 fully saturated rings. The first-order chi connectivity index (χ1) is 9.10. The quantitative estimate of drug-likeness (QED) is 0.821. The maximum absolute atomic E-state index is 13.3. The van der Waals surface area contributed by atoms with Crippen molar-refractivity contribution < 1.29 is 19.4 Å². The number of aromatic nitrogens is 1. The van der Waals surface area contributed by atoms with Crippen LogP contribution in [0.2, 0.25) is 0 Å². The molecular weight excluding hydrogens is 265 g/mol. The first-order valence-electron chi connectivity index (χ1n) is 5.51. The van der Waals surface area contributed by atoms with E-state index in [1.165, 1.54) is 31.4 Å². The van der Waals surface area contributed by atoms with Gasteiger partial charge in [-0.15, -0.1) is 0 Å². The third-order valence-electron chi connectivity index (χ3n) is 2.40. The van der Waals surface area contributed by atoms with Crippen LogP contribution in [0.3, 0.4) is 0 Å². The molecule has 1 amide bonds. The molecule has 1 heterocycles. The third kappa shape index (κ3) is 3.42. The number of nitrogens with one attached hydrogen (secondary N) is 1. The van der Waals surface area contributed by atoms with Crippen molar-refractivity contribution in [3.63, 3.8) is 0 Å². The second-order valence-corrected chi connectivity index (χ2v) is 3.74. The van der Waals surface area contributed by atoms with Crippen LogP contribution in [0.15, 0.2) is 36.5 Å². The van der Waals surface area contributed by atoms with E-state index in [0.29, 0.717) is 11.5 Å². The minimum Gasteiger partial charge on any atom is -0.457 e. The maximum Gasteiger partial charge on any atom is 0.269 e. The van der Waals surface area contributed by atoms with Crippen molar-refractivity contribution in [2.75, 3.05) is 12.8 Å². The van der Waals surface area contributed by atoms with E-state index in [9.17, 15) is 9.18 Å². The summed E-state index contributed by atoms with van der Waals surface area (Å²) < 4.78 is 18.7. The SMILES string of the molecule is CNC(=O)c1cc(Oc2ccc(N)c(F)c2)ccn1.O. The van der Waals surface area contributed by atoms with E-state index in [1.807, 2.05) is 0 Å². The van der Waals surface area contributed by atoms with Gasteiger partial charge >= 0.3 is 0 Å². The lowest BCUT2D eigenvalue weighted by molar-refractivity contribution is 0.0958. The number of anilines is 1. The molecule has 6 nitrogen and oxygen atoms in total. The number of hydrogen-bond donors (Lipinski definition) is 2. The van der Waals surface area contributed by atoms with Crippen LogP contribution in [0, 0.1) is 5.82 Å². The first kappa shape index (κ1) is 15.4. The number of nitrogens with zero attached hydrogens (tertiary/aromatic N) is 1. The van der Waals surface area contributed by atoms with Gasteiger partial charge in [0.05, 0.1) is 5.69 Å². The van der Waals surface area contributed by atoms with Crippen LogP contribution in [0.1, 0.15) is 10.5 Å². The summed E-state index contributed by atoms with van der Waals surface area (Å²) in [6.07, 6.45) is 1.44. The number of pyridine rings is 1. The lowest BCUT2D eigenvalue weighted by atomic mass is 10.3. The van der Waals surface area contributed by atoms with E-state index in [0.717, 1.165) is 0 Å². The van der Waals surface area contributed by atoms with Gasteiger partial charge in [0.1, 0.15) is 23.0 Å². The van der Waals surface area contributed by atoms with Crippen LogP contribution >= 0.6 is 0 Å². The van der Waals surface area contributed by atoms with Gasteiger partial charge in [-0.1, -0.05) is 0 Å². The van der Waals surface area contributed by atoms with E-state index in [4.69, 9.17) is 10.5 Å². The van der Waals surface area contributed by atoms with Crippen molar-refractivity contribution in [3.8, 4) is 11.5 Å². The Bertz CT molecular complexity index is 620. The molecule has 0 saturated carbocycles. The minimum atomic E-state index is -0.557. The number of amides is 1. The number of nitrogens with two attached hydrogens (primary N) is 1. The molecule has 20 heavy (non-hydrogen) atoms. The highest BCUT2D eigenvalue weighted by atomic mass is 19.1. The second kappa shape index (κ2) is 6.48. The lowest BCUT2D eigenvalue weighted by Crippen LogP contribution is -2.18. The van der Waals surface area contributed by atoms with Crippen molar-refractivity contribution in [2.45, 2.75) is 0 Å². The monoisotopic (exact) mass is 279 g/mol. The smallest absolute Gasteiger partial charge is 0.269 e. The molecule has 0 aliphatic heterocycles. The standard InChI is InChI=1S/C13H12FN3O2.H2O/c1-16-13(18)12-7-9(4-5-17-12)19-8-2-3-11(15)10(14)6-8;/h2-7H,15H2,1H3,(H,16,18);1H2. The van der Waals surface area contributed by atoms with Gasteiger partial charge in [0, 0.05) is 25.4 Å². The summed E-state index contributed by atoms with van der Waals surface area (Å²) in [6, 6.07) is 7.16. The predicted molar refractivity (Wildman–Crippen MR) is 72.1 cm³/mol. The number of carbonyl (C=O) groups is 1. The van der Waals surface area contributed by atoms with Crippen LogP contribution in [0.25, 0.3) is 0 Å². The summed E-state index contributed by atoms with van der Waals surface area (Å²) in [6.45, 7) is 0. The highest BCUT2D eigenvalue weighted by molar-refractivity contribution is 5.92. The Morgan fingerprint density at radius 2 is 2.00 bits per heavy atom. The molecule has 0 aliphatic rings. The Hall–Kier alpha value is -2.67. The van der Waals surface area contributed by atoms with Gasteiger partial charge in [0.25, 0.3) is 5.91 Å². The minimum absolute atomic E-state index is 0.